The smallest absolute Gasteiger partial charge is 0.330 e. The first-order valence-electron chi connectivity index (χ1n) is 8.57. The molecule has 2 aromatic carbocycles. The van der Waals surface area contributed by atoms with Gasteiger partial charge >= 0.3 is 6.18 Å². The molecule has 0 bridgehead atoms. The van der Waals surface area contributed by atoms with E-state index in [4.69, 9.17) is 0 Å². The summed E-state index contributed by atoms with van der Waals surface area (Å²) in [6.45, 7) is 0. The highest BCUT2D eigenvalue weighted by Crippen LogP contribution is 2.36. The second kappa shape index (κ2) is 8.40. The van der Waals surface area contributed by atoms with E-state index in [9.17, 15) is 22.4 Å². The van der Waals surface area contributed by atoms with Gasteiger partial charge in [-0.05, 0) is 36.4 Å². The minimum atomic E-state index is -4.82. The standard InChI is InChI=1S/C19H11F4N5OS2/c20-15-12(2-1-3-13(15)19(21,22)23)14-8-30-17(26-14)27-16(29)10-4-6-11(7-5-10)25-18-28-24-9-31-18/h1-9H,(H,25,28)(H,26,27,29). The van der Waals surface area contributed by atoms with Gasteiger partial charge in [0, 0.05) is 22.2 Å². The highest BCUT2D eigenvalue weighted by molar-refractivity contribution is 7.14. The first-order valence-corrected chi connectivity index (χ1v) is 10.3. The molecule has 4 rings (SSSR count). The van der Waals surface area contributed by atoms with Gasteiger partial charge in [-0.3, -0.25) is 10.1 Å². The van der Waals surface area contributed by atoms with Gasteiger partial charge < -0.3 is 5.32 Å². The molecule has 6 nitrogen and oxygen atoms in total. The number of rotatable bonds is 5. The largest absolute Gasteiger partial charge is 0.419 e. The molecular formula is C19H11F4N5OS2. The minimum absolute atomic E-state index is 0.000468. The van der Waals surface area contributed by atoms with Crippen molar-refractivity contribution in [2.24, 2.45) is 0 Å². The van der Waals surface area contributed by atoms with Crippen molar-refractivity contribution in [2.75, 3.05) is 10.6 Å². The molecule has 4 aromatic rings. The van der Waals surface area contributed by atoms with Crippen LogP contribution in [0.15, 0.2) is 53.4 Å². The van der Waals surface area contributed by atoms with Crippen LogP contribution in [-0.4, -0.2) is 21.1 Å². The van der Waals surface area contributed by atoms with Crippen LogP contribution in [0.1, 0.15) is 15.9 Å². The number of alkyl halides is 3. The molecule has 2 aromatic heterocycles. The maximum Gasteiger partial charge on any atom is 0.419 e. The Kier molecular flexibility index (Phi) is 5.65. The zero-order chi connectivity index (χ0) is 22.0. The van der Waals surface area contributed by atoms with Gasteiger partial charge in [-0.25, -0.2) is 9.37 Å². The highest BCUT2D eigenvalue weighted by atomic mass is 32.1. The molecule has 158 valence electrons. The molecule has 1 amide bonds. The van der Waals surface area contributed by atoms with E-state index in [0.717, 1.165) is 17.4 Å². The molecule has 0 aliphatic carbocycles. The molecule has 0 aliphatic rings. The Morgan fingerprint density at radius 2 is 1.77 bits per heavy atom. The quantitative estimate of drug-likeness (QED) is 0.363. The highest BCUT2D eigenvalue weighted by Gasteiger charge is 2.35. The number of aromatic nitrogens is 3. The topological polar surface area (TPSA) is 79.8 Å². The van der Waals surface area contributed by atoms with Crippen molar-refractivity contribution in [1.29, 1.82) is 0 Å². The van der Waals surface area contributed by atoms with Crippen LogP contribution in [0.25, 0.3) is 11.3 Å². The van der Waals surface area contributed by atoms with Gasteiger partial charge in [-0.1, -0.05) is 17.4 Å². The number of hydrogen-bond acceptors (Lipinski definition) is 7. The van der Waals surface area contributed by atoms with Crippen molar-refractivity contribution in [3.8, 4) is 11.3 Å². The summed E-state index contributed by atoms with van der Waals surface area (Å²) in [7, 11) is 0. The van der Waals surface area contributed by atoms with Crippen molar-refractivity contribution in [3.05, 3.63) is 70.3 Å². The van der Waals surface area contributed by atoms with Crippen molar-refractivity contribution in [3.63, 3.8) is 0 Å². The van der Waals surface area contributed by atoms with Crippen LogP contribution in [-0.2, 0) is 6.18 Å². The van der Waals surface area contributed by atoms with E-state index in [1.807, 2.05) is 0 Å². The van der Waals surface area contributed by atoms with E-state index in [1.165, 1.54) is 22.8 Å². The summed E-state index contributed by atoms with van der Waals surface area (Å²) in [6, 6.07) is 9.51. The molecule has 2 N–H and O–H groups in total. The van der Waals surface area contributed by atoms with E-state index in [0.29, 0.717) is 22.4 Å². The van der Waals surface area contributed by atoms with Crippen molar-refractivity contribution in [2.45, 2.75) is 6.18 Å². The number of carbonyl (C=O) groups excluding carboxylic acids is 1. The fourth-order valence-corrected chi connectivity index (χ4v) is 3.80. The third-order valence-electron chi connectivity index (χ3n) is 4.06. The van der Waals surface area contributed by atoms with E-state index in [2.05, 4.69) is 25.8 Å². The van der Waals surface area contributed by atoms with Crippen LogP contribution in [0.2, 0.25) is 0 Å². The summed E-state index contributed by atoms with van der Waals surface area (Å²) in [5.41, 5.74) is 0.970. The maximum atomic E-state index is 14.3. The molecule has 0 atom stereocenters. The Balaban J connectivity index is 1.47. The molecule has 0 spiro atoms. The molecule has 0 fully saturated rings. The van der Waals surface area contributed by atoms with Crippen molar-refractivity contribution in [1.82, 2.24) is 15.2 Å². The number of nitrogens with one attached hydrogen (secondary N) is 2. The van der Waals surface area contributed by atoms with Gasteiger partial charge in [-0.2, -0.15) is 13.2 Å². The zero-order valence-electron chi connectivity index (χ0n) is 15.3. The molecular weight excluding hydrogens is 454 g/mol. The third kappa shape index (κ3) is 4.70. The Bertz CT molecular complexity index is 1210. The van der Waals surface area contributed by atoms with Gasteiger partial charge in [0.15, 0.2) is 5.13 Å². The number of halogens is 4. The fourth-order valence-electron chi connectivity index (χ4n) is 2.63. The number of hydrogen-bond donors (Lipinski definition) is 2. The van der Waals surface area contributed by atoms with Crippen LogP contribution in [0.4, 0.5) is 33.5 Å². The Morgan fingerprint density at radius 3 is 2.45 bits per heavy atom. The number of anilines is 3. The van der Waals surface area contributed by atoms with Crippen LogP contribution < -0.4 is 10.6 Å². The molecule has 0 saturated heterocycles. The third-order valence-corrected chi connectivity index (χ3v) is 5.43. The van der Waals surface area contributed by atoms with Gasteiger partial charge in [-0.15, -0.1) is 21.5 Å². The van der Waals surface area contributed by atoms with Crippen LogP contribution in [0, 0.1) is 5.82 Å². The first-order chi connectivity index (χ1) is 14.8. The summed E-state index contributed by atoms with van der Waals surface area (Å²) >= 11 is 2.30. The Hall–Kier alpha value is -3.38. The number of nitrogens with zero attached hydrogens (tertiary/aromatic N) is 3. The summed E-state index contributed by atoms with van der Waals surface area (Å²) in [5.74, 6) is -1.87. The Labute approximate surface area is 180 Å². The van der Waals surface area contributed by atoms with E-state index in [-0.39, 0.29) is 16.4 Å². The number of carbonyl (C=O) groups is 1. The molecule has 0 saturated carbocycles. The monoisotopic (exact) mass is 465 g/mol. The molecule has 2 heterocycles. The SMILES string of the molecule is O=C(Nc1nc(-c2cccc(C(F)(F)F)c2F)cs1)c1ccc(Nc2nncs2)cc1. The summed E-state index contributed by atoms with van der Waals surface area (Å²) in [5, 5.41) is 15.3. The summed E-state index contributed by atoms with van der Waals surface area (Å²) in [6.07, 6.45) is -4.82. The molecule has 31 heavy (non-hydrogen) atoms. The lowest BCUT2D eigenvalue weighted by Gasteiger charge is -2.09. The lowest BCUT2D eigenvalue weighted by Crippen LogP contribution is -2.11. The van der Waals surface area contributed by atoms with E-state index < -0.39 is 23.5 Å². The molecule has 12 heteroatoms. The van der Waals surface area contributed by atoms with Crippen molar-refractivity contribution < 1.29 is 22.4 Å². The fraction of sp³-hybridized carbons (Fsp3) is 0.0526. The molecule has 0 aliphatic heterocycles. The van der Waals surface area contributed by atoms with Gasteiger partial charge in [0.05, 0.1) is 11.3 Å². The van der Waals surface area contributed by atoms with Gasteiger partial charge in [0.1, 0.15) is 11.3 Å². The zero-order valence-corrected chi connectivity index (χ0v) is 16.9. The van der Waals surface area contributed by atoms with E-state index >= 15 is 0 Å². The average molecular weight is 465 g/mol. The molecule has 0 unspecified atom stereocenters. The Morgan fingerprint density at radius 1 is 1.00 bits per heavy atom. The number of thiazole rings is 1. The second-order valence-electron chi connectivity index (χ2n) is 6.10. The van der Waals surface area contributed by atoms with Gasteiger partial charge in [0.25, 0.3) is 5.91 Å². The van der Waals surface area contributed by atoms with Crippen LogP contribution in [0.5, 0.6) is 0 Å². The van der Waals surface area contributed by atoms with Gasteiger partial charge in [0.2, 0.25) is 5.13 Å². The normalized spacial score (nSPS) is 11.4. The summed E-state index contributed by atoms with van der Waals surface area (Å²) in [4.78, 5) is 16.5. The first kappa shape index (κ1) is 20.9. The van der Waals surface area contributed by atoms with Crippen LogP contribution in [0.3, 0.4) is 0 Å². The number of amides is 1. The average Bonchev–Trinajstić information content (AvgIpc) is 3.40. The molecule has 0 radical (unpaired) electrons. The summed E-state index contributed by atoms with van der Waals surface area (Å²) < 4.78 is 53.1. The predicted octanol–water partition coefficient (Wildman–Crippen LogP) is 5.82. The van der Waals surface area contributed by atoms with Crippen LogP contribution >= 0.6 is 22.7 Å². The lowest BCUT2D eigenvalue weighted by molar-refractivity contribution is -0.139. The second-order valence-corrected chi connectivity index (χ2v) is 7.79. The number of benzene rings is 2. The van der Waals surface area contributed by atoms with E-state index in [1.54, 1.807) is 29.8 Å². The minimum Gasteiger partial charge on any atom is -0.330 e. The van der Waals surface area contributed by atoms with Crippen molar-refractivity contribution >= 4 is 44.5 Å². The maximum absolute atomic E-state index is 14.3. The lowest BCUT2D eigenvalue weighted by atomic mass is 10.1. The predicted molar refractivity (Wildman–Crippen MR) is 110 cm³/mol.